The summed E-state index contributed by atoms with van der Waals surface area (Å²) in [6, 6.07) is 7.02. The Kier molecular flexibility index (Phi) is 6.23. The van der Waals surface area contributed by atoms with Gasteiger partial charge in [0.05, 0.1) is 8.66 Å². The van der Waals surface area contributed by atoms with E-state index in [4.69, 9.17) is 0 Å². The molecule has 1 aromatic heterocycles. The van der Waals surface area contributed by atoms with Gasteiger partial charge in [-0.3, -0.25) is 9.59 Å². The van der Waals surface area contributed by atoms with E-state index in [0.717, 1.165) is 15.1 Å². The predicted octanol–water partition coefficient (Wildman–Crippen LogP) is 4.05. The Morgan fingerprint density at radius 3 is 2.24 bits per heavy atom. The zero-order valence-electron chi connectivity index (χ0n) is 12.9. The van der Waals surface area contributed by atoms with Crippen molar-refractivity contribution in [3.63, 3.8) is 0 Å². The minimum atomic E-state index is -4.65. The maximum Gasteiger partial charge on any atom is 0.412 e. The minimum Gasteiger partial charge on any atom is -0.340 e. The van der Waals surface area contributed by atoms with Crippen molar-refractivity contribution >= 4 is 39.1 Å². The number of carbonyl (C=O) groups is 2. The number of benzene rings is 1. The van der Waals surface area contributed by atoms with E-state index in [-0.39, 0.29) is 5.56 Å². The van der Waals surface area contributed by atoms with Crippen molar-refractivity contribution < 1.29 is 22.8 Å². The first-order chi connectivity index (χ1) is 11.7. The zero-order valence-corrected chi connectivity index (χ0v) is 15.3. The van der Waals surface area contributed by atoms with Gasteiger partial charge < -0.3 is 10.6 Å². The van der Waals surface area contributed by atoms with Crippen molar-refractivity contribution in [3.05, 3.63) is 56.7 Å². The first kappa shape index (κ1) is 19.5. The molecule has 0 saturated carbocycles. The fraction of sp³-hybridized carbons (Fsp3) is 0.250. The summed E-state index contributed by atoms with van der Waals surface area (Å²) in [4.78, 5) is 24.5. The molecule has 2 unspecified atom stereocenters. The molecule has 0 aliphatic heterocycles. The van der Waals surface area contributed by atoms with Gasteiger partial charge in [-0.1, -0.05) is 30.3 Å². The number of amides is 2. The van der Waals surface area contributed by atoms with E-state index in [2.05, 4.69) is 21.2 Å². The summed E-state index contributed by atoms with van der Waals surface area (Å²) in [5.74, 6) is -1.45. The molecule has 0 aliphatic carbocycles. The normalized spacial score (nSPS) is 13.8. The first-order valence-corrected chi connectivity index (χ1v) is 8.77. The van der Waals surface area contributed by atoms with E-state index in [1.54, 1.807) is 18.2 Å². The van der Waals surface area contributed by atoms with E-state index in [9.17, 15) is 22.8 Å². The zero-order chi connectivity index (χ0) is 18.6. The number of alkyl halides is 3. The SMILES string of the molecule is CC(NC(=O)c1ccc(Br)s1)C(=O)NC(c1ccccc1)C(F)(F)F. The van der Waals surface area contributed by atoms with Gasteiger partial charge in [0.15, 0.2) is 6.04 Å². The number of thiophene rings is 1. The monoisotopic (exact) mass is 434 g/mol. The summed E-state index contributed by atoms with van der Waals surface area (Å²) in [5, 5.41) is 4.34. The maximum absolute atomic E-state index is 13.3. The van der Waals surface area contributed by atoms with Crippen LogP contribution in [0.3, 0.4) is 0 Å². The lowest BCUT2D eigenvalue weighted by atomic mass is 10.1. The predicted molar refractivity (Wildman–Crippen MR) is 92.3 cm³/mol. The number of carbonyl (C=O) groups excluding carboxylic acids is 2. The Labute approximate surface area is 154 Å². The first-order valence-electron chi connectivity index (χ1n) is 7.16. The fourth-order valence-electron chi connectivity index (χ4n) is 2.04. The summed E-state index contributed by atoms with van der Waals surface area (Å²) in [7, 11) is 0. The number of rotatable bonds is 5. The molecular formula is C16H14BrF3N2O2S. The highest BCUT2D eigenvalue weighted by molar-refractivity contribution is 9.11. The van der Waals surface area contributed by atoms with Crippen LogP contribution in [0.4, 0.5) is 13.2 Å². The average Bonchev–Trinajstić information content (AvgIpc) is 2.98. The van der Waals surface area contributed by atoms with Gasteiger partial charge in [0.2, 0.25) is 5.91 Å². The lowest BCUT2D eigenvalue weighted by Gasteiger charge is -2.24. The number of hydrogen-bond acceptors (Lipinski definition) is 3. The van der Waals surface area contributed by atoms with Gasteiger partial charge >= 0.3 is 6.18 Å². The van der Waals surface area contributed by atoms with Gasteiger partial charge in [-0.25, -0.2) is 0 Å². The Balaban J connectivity index is 2.06. The second-order valence-electron chi connectivity index (χ2n) is 5.19. The van der Waals surface area contributed by atoms with E-state index in [1.807, 2.05) is 5.32 Å². The summed E-state index contributed by atoms with van der Waals surface area (Å²) < 4.78 is 40.5. The molecule has 0 fully saturated rings. The molecule has 25 heavy (non-hydrogen) atoms. The lowest BCUT2D eigenvalue weighted by molar-refractivity contribution is -0.163. The molecule has 0 bridgehead atoms. The van der Waals surface area contributed by atoms with Crippen molar-refractivity contribution in [2.75, 3.05) is 0 Å². The summed E-state index contributed by atoms with van der Waals surface area (Å²) >= 11 is 4.37. The van der Waals surface area contributed by atoms with E-state index in [0.29, 0.717) is 4.88 Å². The van der Waals surface area contributed by atoms with Crippen LogP contribution in [0.2, 0.25) is 0 Å². The third kappa shape index (κ3) is 5.30. The molecule has 9 heteroatoms. The topological polar surface area (TPSA) is 58.2 Å². The van der Waals surface area contributed by atoms with Crippen LogP contribution in [0.25, 0.3) is 0 Å². The highest BCUT2D eigenvalue weighted by Crippen LogP contribution is 2.32. The van der Waals surface area contributed by atoms with Gasteiger partial charge in [0, 0.05) is 0 Å². The molecule has 2 N–H and O–H groups in total. The number of hydrogen-bond donors (Lipinski definition) is 2. The van der Waals surface area contributed by atoms with E-state index >= 15 is 0 Å². The molecular weight excluding hydrogens is 421 g/mol. The molecule has 0 radical (unpaired) electrons. The molecule has 0 aliphatic rings. The molecule has 1 aromatic carbocycles. The smallest absolute Gasteiger partial charge is 0.340 e. The van der Waals surface area contributed by atoms with E-state index < -0.39 is 30.1 Å². The van der Waals surface area contributed by atoms with Crippen molar-refractivity contribution in [1.82, 2.24) is 10.6 Å². The summed E-state index contributed by atoms with van der Waals surface area (Å²) in [6.07, 6.45) is -4.65. The Morgan fingerprint density at radius 1 is 1.08 bits per heavy atom. The molecule has 134 valence electrons. The van der Waals surface area contributed by atoms with Crippen molar-refractivity contribution in [1.29, 1.82) is 0 Å². The highest BCUT2D eigenvalue weighted by atomic mass is 79.9. The van der Waals surface area contributed by atoms with Crippen LogP contribution in [-0.4, -0.2) is 24.0 Å². The molecule has 2 aromatic rings. The minimum absolute atomic E-state index is 0.0796. The average molecular weight is 435 g/mol. The molecule has 1 heterocycles. The molecule has 2 atom stereocenters. The van der Waals surface area contributed by atoms with Crippen molar-refractivity contribution in [2.45, 2.75) is 25.2 Å². The molecule has 4 nitrogen and oxygen atoms in total. The van der Waals surface area contributed by atoms with Gasteiger partial charge in [-0.2, -0.15) is 13.2 Å². The van der Waals surface area contributed by atoms with Crippen LogP contribution in [0, 0.1) is 0 Å². The van der Waals surface area contributed by atoms with Crippen LogP contribution < -0.4 is 10.6 Å². The van der Waals surface area contributed by atoms with Crippen LogP contribution in [0.5, 0.6) is 0 Å². The fourth-order valence-corrected chi connectivity index (χ4v) is 3.33. The largest absolute Gasteiger partial charge is 0.412 e. The highest BCUT2D eigenvalue weighted by Gasteiger charge is 2.42. The Hall–Kier alpha value is -1.87. The van der Waals surface area contributed by atoms with Gasteiger partial charge in [-0.05, 0) is 40.5 Å². The van der Waals surface area contributed by atoms with Crippen LogP contribution in [0.1, 0.15) is 28.2 Å². The number of halogens is 4. The second kappa shape index (κ2) is 8.01. The second-order valence-corrected chi connectivity index (χ2v) is 7.66. The third-order valence-electron chi connectivity index (χ3n) is 3.28. The maximum atomic E-state index is 13.3. The van der Waals surface area contributed by atoms with Crippen molar-refractivity contribution in [2.24, 2.45) is 0 Å². The van der Waals surface area contributed by atoms with Crippen LogP contribution in [-0.2, 0) is 4.79 Å². The van der Waals surface area contributed by atoms with Gasteiger partial charge in [-0.15, -0.1) is 11.3 Å². The van der Waals surface area contributed by atoms with Crippen LogP contribution >= 0.6 is 27.3 Å². The Morgan fingerprint density at radius 2 is 1.72 bits per heavy atom. The molecule has 0 spiro atoms. The van der Waals surface area contributed by atoms with Crippen molar-refractivity contribution in [3.8, 4) is 0 Å². The molecule has 0 saturated heterocycles. The Bertz CT molecular complexity index is 749. The molecule has 2 amide bonds. The quantitative estimate of drug-likeness (QED) is 0.745. The molecule has 2 rings (SSSR count). The van der Waals surface area contributed by atoms with E-state index in [1.165, 1.54) is 31.2 Å². The number of nitrogens with one attached hydrogen (secondary N) is 2. The standard InChI is InChI=1S/C16H14BrF3N2O2S/c1-9(21-15(24)11-7-8-12(17)25-11)14(23)22-13(16(18,19)20)10-5-3-2-4-6-10/h2-9,13H,1H3,(H,21,24)(H,22,23). The summed E-state index contributed by atoms with van der Waals surface area (Å²) in [6.45, 7) is 1.33. The van der Waals surface area contributed by atoms with Gasteiger partial charge in [0.25, 0.3) is 5.91 Å². The lowest BCUT2D eigenvalue weighted by Crippen LogP contribution is -2.48. The van der Waals surface area contributed by atoms with Crippen LogP contribution in [0.15, 0.2) is 46.3 Å². The third-order valence-corrected chi connectivity index (χ3v) is 4.91. The summed E-state index contributed by atoms with van der Waals surface area (Å²) in [5.41, 5.74) is -0.0796. The van der Waals surface area contributed by atoms with Gasteiger partial charge in [0.1, 0.15) is 6.04 Å².